The lowest BCUT2D eigenvalue weighted by Crippen LogP contribution is -2.33. The van der Waals surface area contributed by atoms with E-state index >= 15 is 0 Å². The van der Waals surface area contributed by atoms with Crippen molar-refractivity contribution in [2.24, 2.45) is 0 Å². The summed E-state index contributed by atoms with van der Waals surface area (Å²) in [5, 5.41) is 4.90. The highest BCUT2D eigenvalue weighted by Gasteiger charge is 2.15. The smallest absolute Gasteiger partial charge is 0.254 e. The van der Waals surface area contributed by atoms with E-state index in [4.69, 9.17) is 0 Å². The van der Waals surface area contributed by atoms with Crippen LogP contribution in [0.3, 0.4) is 0 Å². The fourth-order valence-corrected chi connectivity index (χ4v) is 1.79. The number of hydrogen-bond acceptors (Lipinski definition) is 3. The third kappa shape index (κ3) is 3.85. The van der Waals surface area contributed by atoms with Crippen molar-refractivity contribution in [3.05, 3.63) is 59.5 Å². The van der Waals surface area contributed by atoms with Gasteiger partial charge >= 0.3 is 0 Å². The van der Waals surface area contributed by atoms with Crippen LogP contribution in [0, 0.1) is 12.7 Å². The standard InChI is InChI=1S/C15H14FN3O2/c1-10-5-4-6-11(16)14(10)15(21)18-9-13(20)19-12-7-2-3-8-17-12/h2-8H,9H2,1H3,(H,18,21)(H,17,19,20). The van der Waals surface area contributed by atoms with Gasteiger partial charge in [0.05, 0.1) is 12.1 Å². The zero-order valence-electron chi connectivity index (χ0n) is 11.4. The normalized spacial score (nSPS) is 10.0. The van der Waals surface area contributed by atoms with Crippen LogP contribution in [0.4, 0.5) is 10.2 Å². The van der Waals surface area contributed by atoms with Crippen LogP contribution < -0.4 is 10.6 Å². The Bertz CT molecular complexity index is 639. The van der Waals surface area contributed by atoms with E-state index in [0.717, 1.165) is 0 Å². The van der Waals surface area contributed by atoms with Crippen molar-refractivity contribution in [1.29, 1.82) is 0 Å². The van der Waals surface area contributed by atoms with E-state index in [0.29, 0.717) is 11.4 Å². The van der Waals surface area contributed by atoms with Crippen molar-refractivity contribution in [3.63, 3.8) is 0 Å². The van der Waals surface area contributed by atoms with Crippen LogP contribution in [0.5, 0.6) is 0 Å². The highest BCUT2D eigenvalue weighted by Crippen LogP contribution is 2.12. The predicted octanol–water partition coefficient (Wildman–Crippen LogP) is 1.90. The second-order valence-electron chi connectivity index (χ2n) is 4.38. The van der Waals surface area contributed by atoms with Gasteiger partial charge in [-0.25, -0.2) is 9.37 Å². The molecule has 0 aliphatic heterocycles. The minimum atomic E-state index is -0.623. The number of carbonyl (C=O) groups excluding carboxylic acids is 2. The molecule has 0 spiro atoms. The Morgan fingerprint density at radius 3 is 2.67 bits per heavy atom. The molecular formula is C15H14FN3O2. The van der Waals surface area contributed by atoms with Gasteiger partial charge in [-0.1, -0.05) is 18.2 Å². The number of hydrogen-bond donors (Lipinski definition) is 2. The summed E-state index contributed by atoms with van der Waals surface area (Å²) >= 11 is 0. The van der Waals surface area contributed by atoms with Crippen LogP contribution in [0.25, 0.3) is 0 Å². The molecule has 0 unspecified atom stereocenters. The SMILES string of the molecule is Cc1cccc(F)c1C(=O)NCC(=O)Nc1ccccn1. The van der Waals surface area contributed by atoms with Crippen LogP contribution in [0.2, 0.25) is 0 Å². The molecule has 0 radical (unpaired) electrons. The molecule has 0 saturated heterocycles. The third-order valence-corrected chi connectivity index (χ3v) is 2.79. The summed E-state index contributed by atoms with van der Waals surface area (Å²) in [6.45, 7) is 1.37. The molecule has 2 aromatic rings. The number of amides is 2. The van der Waals surface area contributed by atoms with E-state index in [2.05, 4.69) is 15.6 Å². The Morgan fingerprint density at radius 1 is 1.19 bits per heavy atom. The summed E-state index contributed by atoms with van der Waals surface area (Å²) in [6.07, 6.45) is 1.54. The third-order valence-electron chi connectivity index (χ3n) is 2.79. The second-order valence-corrected chi connectivity index (χ2v) is 4.38. The zero-order valence-corrected chi connectivity index (χ0v) is 11.4. The fourth-order valence-electron chi connectivity index (χ4n) is 1.79. The van der Waals surface area contributed by atoms with Gasteiger partial charge in [-0.3, -0.25) is 9.59 Å². The molecule has 108 valence electrons. The predicted molar refractivity (Wildman–Crippen MR) is 76.3 cm³/mol. The molecule has 0 fully saturated rings. The number of rotatable bonds is 4. The maximum Gasteiger partial charge on any atom is 0.254 e. The van der Waals surface area contributed by atoms with Crippen molar-refractivity contribution >= 4 is 17.6 Å². The van der Waals surface area contributed by atoms with E-state index in [1.165, 1.54) is 18.3 Å². The number of benzene rings is 1. The number of halogens is 1. The van der Waals surface area contributed by atoms with Crippen molar-refractivity contribution in [2.75, 3.05) is 11.9 Å². The van der Waals surface area contributed by atoms with Gasteiger partial charge in [0, 0.05) is 6.20 Å². The highest BCUT2D eigenvalue weighted by atomic mass is 19.1. The minimum Gasteiger partial charge on any atom is -0.343 e. The van der Waals surface area contributed by atoms with Gasteiger partial charge in [0.1, 0.15) is 11.6 Å². The Balaban J connectivity index is 1.94. The van der Waals surface area contributed by atoms with Crippen LogP contribution in [-0.2, 0) is 4.79 Å². The van der Waals surface area contributed by atoms with Gasteiger partial charge < -0.3 is 10.6 Å². The Kier molecular flexibility index (Phi) is 4.61. The van der Waals surface area contributed by atoms with E-state index in [1.54, 1.807) is 31.2 Å². The summed E-state index contributed by atoms with van der Waals surface area (Å²) in [5.41, 5.74) is 0.459. The van der Waals surface area contributed by atoms with Gasteiger partial charge in [0.15, 0.2) is 0 Å². The number of pyridine rings is 1. The summed E-state index contributed by atoms with van der Waals surface area (Å²) in [6, 6.07) is 9.43. The van der Waals surface area contributed by atoms with Crippen LogP contribution in [0.15, 0.2) is 42.6 Å². The van der Waals surface area contributed by atoms with E-state index < -0.39 is 17.6 Å². The molecule has 0 saturated carbocycles. The maximum absolute atomic E-state index is 13.6. The Hall–Kier alpha value is -2.76. The van der Waals surface area contributed by atoms with Gasteiger partial charge in [-0.2, -0.15) is 0 Å². The molecule has 5 nitrogen and oxygen atoms in total. The second kappa shape index (κ2) is 6.60. The average molecular weight is 287 g/mol. The quantitative estimate of drug-likeness (QED) is 0.902. The summed E-state index contributed by atoms with van der Waals surface area (Å²) in [4.78, 5) is 27.5. The monoisotopic (exact) mass is 287 g/mol. The molecule has 6 heteroatoms. The molecule has 1 aromatic carbocycles. The van der Waals surface area contributed by atoms with E-state index in [1.807, 2.05) is 0 Å². The number of aromatic nitrogens is 1. The number of nitrogens with one attached hydrogen (secondary N) is 2. The lowest BCUT2D eigenvalue weighted by atomic mass is 10.1. The van der Waals surface area contributed by atoms with Crippen LogP contribution in [-0.4, -0.2) is 23.3 Å². The molecular weight excluding hydrogens is 273 g/mol. The molecule has 0 atom stereocenters. The van der Waals surface area contributed by atoms with Crippen LogP contribution in [0.1, 0.15) is 15.9 Å². The van der Waals surface area contributed by atoms with Crippen LogP contribution >= 0.6 is 0 Å². The number of aryl methyl sites for hydroxylation is 1. The molecule has 1 heterocycles. The average Bonchev–Trinajstić information content (AvgIpc) is 2.46. The number of carbonyl (C=O) groups is 2. The maximum atomic E-state index is 13.6. The van der Waals surface area contributed by atoms with E-state index in [9.17, 15) is 14.0 Å². The largest absolute Gasteiger partial charge is 0.343 e. The number of nitrogens with zero attached hydrogens (tertiary/aromatic N) is 1. The highest BCUT2D eigenvalue weighted by molar-refractivity contribution is 6.00. The zero-order chi connectivity index (χ0) is 15.2. The summed E-state index contributed by atoms with van der Waals surface area (Å²) in [7, 11) is 0. The van der Waals surface area contributed by atoms with Gasteiger partial charge in [-0.05, 0) is 30.7 Å². The topological polar surface area (TPSA) is 71.1 Å². The summed E-state index contributed by atoms with van der Waals surface area (Å²) in [5.74, 6) is -1.28. The first-order valence-corrected chi connectivity index (χ1v) is 6.32. The molecule has 1 aromatic heterocycles. The van der Waals surface area contributed by atoms with Gasteiger partial charge in [0.25, 0.3) is 5.91 Å². The van der Waals surface area contributed by atoms with Gasteiger partial charge in [-0.15, -0.1) is 0 Å². The molecule has 0 aliphatic carbocycles. The Morgan fingerprint density at radius 2 is 2.00 bits per heavy atom. The first kappa shape index (κ1) is 14.6. The minimum absolute atomic E-state index is 0.0527. The molecule has 2 rings (SSSR count). The first-order valence-electron chi connectivity index (χ1n) is 6.32. The lowest BCUT2D eigenvalue weighted by molar-refractivity contribution is -0.115. The molecule has 21 heavy (non-hydrogen) atoms. The van der Waals surface area contributed by atoms with Crippen molar-refractivity contribution in [2.45, 2.75) is 6.92 Å². The Labute approximate surface area is 121 Å². The first-order chi connectivity index (χ1) is 10.1. The van der Waals surface area contributed by atoms with Crippen molar-refractivity contribution in [3.8, 4) is 0 Å². The molecule has 0 bridgehead atoms. The van der Waals surface area contributed by atoms with Crippen molar-refractivity contribution in [1.82, 2.24) is 10.3 Å². The van der Waals surface area contributed by atoms with E-state index in [-0.39, 0.29) is 12.1 Å². The molecule has 0 aliphatic rings. The number of anilines is 1. The lowest BCUT2D eigenvalue weighted by Gasteiger charge is -2.08. The molecule has 2 amide bonds. The van der Waals surface area contributed by atoms with Crippen molar-refractivity contribution < 1.29 is 14.0 Å². The fraction of sp³-hybridized carbons (Fsp3) is 0.133. The van der Waals surface area contributed by atoms with Gasteiger partial charge in [0.2, 0.25) is 5.91 Å². The summed E-state index contributed by atoms with van der Waals surface area (Å²) < 4.78 is 13.6. The molecule has 2 N–H and O–H groups in total.